The van der Waals surface area contributed by atoms with Crippen molar-refractivity contribution in [1.82, 2.24) is 20.3 Å². The Hall–Kier alpha value is -3.09. The highest BCUT2D eigenvalue weighted by Gasteiger charge is 2.38. The van der Waals surface area contributed by atoms with Crippen molar-refractivity contribution >= 4 is 28.9 Å². The van der Waals surface area contributed by atoms with E-state index in [1.54, 1.807) is 18.3 Å². The lowest BCUT2D eigenvalue weighted by Gasteiger charge is -2.35. The van der Waals surface area contributed by atoms with Crippen molar-refractivity contribution < 1.29 is 27.8 Å². The molecule has 40 heavy (non-hydrogen) atoms. The van der Waals surface area contributed by atoms with Gasteiger partial charge in [-0.2, -0.15) is 13.2 Å². The number of amides is 1. The highest BCUT2D eigenvalue weighted by molar-refractivity contribution is 7.15. The number of carbonyl (C=O) groups is 1. The minimum absolute atomic E-state index is 0.0375. The van der Waals surface area contributed by atoms with Gasteiger partial charge in [0.15, 0.2) is 0 Å². The van der Waals surface area contributed by atoms with Crippen LogP contribution in [0, 0.1) is 12.8 Å². The molecule has 0 spiro atoms. The van der Waals surface area contributed by atoms with Crippen LogP contribution in [-0.4, -0.2) is 45.2 Å². The topological polar surface area (TPSA) is 109 Å². The van der Waals surface area contributed by atoms with Crippen molar-refractivity contribution in [2.24, 2.45) is 5.92 Å². The number of benzene rings is 1. The van der Waals surface area contributed by atoms with Crippen LogP contribution in [0.2, 0.25) is 0 Å². The molecule has 1 saturated heterocycles. The molecule has 12 heteroatoms. The van der Waals surface area contributed by atoms with Gasteiger partial charge in [0.25, 0.3) is 0 Å². The molecular formula is C28H32F3N5O3S. The first-order chi connectivity index (χ1) is 19.1. The maximum Gasteiger partial charge on any atom is 0.433 e. The van der Waals surface area contributed by atoms with Crippen molar-refractivity contribution in [3.8, 4) is 10.4 Å². The Balaban J connectivity index is 1.22. The molecule has 3 N–H and O–H groups in total. The number of halogens is 3. The molecule has 0 unspecified atom stereocenters. The molecule has 1 aliphatic carbocycles. The minimum atomic E-state index is -4.56. The van der Waals surface area contributed by atoms with E-state index in [9.17, 15) is 23.1 Å². The Labute approximate surface area is 234 Å². The fourth-order valence-electron chi connectivity index (χ4n) is 5.28. The van der Waals surface area contributed by atoms with Gasteiger partial charge in [-0.3, -0.25) is 4.79 Å². The summed E-state index contributed by atoms with van der Waals surface area (Å²) in [4.78, 5) is 25.4. The smallest absolute Gasteiger partial charge is 0.383 e. The lowest BCUT2D eigenvalue weighted by atomic mass is 9.82. The van der Waals surface area contributed by atoms with Crippen molar-refractivity contribution in [2.45, 2.75) is 69.7 Å². The molecule has 1 saturated carbocycles. The number of aromatic nitrogens is 3. The van der Waals surface area contributed by atoms with Gasteiger partial charge in [-0.25, -0.2) is 15.0 Å². The summed E-state index contributed by atoms with van der Waals surface area (Å²) < 4.78 is 44.5. The van der Waals surface area contributed by atoms with E-state index in [-0.39, 0.29) is 17.9 Å². The monoisotopic (exact) mass is 575 g/mol. The number of aliphatic hydroxyl groups is 1. The minimum Gasteiger partial charge on any atom is -0.383 e. The molecule has 2 fully saturated rings. The van der Waals surface area contributed by atoms with Gasteiger partial charge in [-0.05, 0) is 80.7 Å². The summed E-state index contributed by atoms with van der Waals surface area (Å²) in [7, 11) is 0. The summed E-state index contributed by atoms with van der Waals surface area (Å²) >= 11 is 1.39. The normalized spacial score (nSPS) is 22.2. The van der Waals surface area contributed by atoms with E-state index < -0.39 is 17.5 Å². The predicted octanol–water partition coefficient (Wildman–Crippen LogP) is 5.73. The Bertz CT molecular complexity index is 1330. The van der Waals surface area contributed by atoms with Crippen LogP contribution in [0.4, 0.5) is 24.8 Å². The van der Waals surface area contributed by atoms with Crippen molar-refractivity contribution in [3.63, 3.8) is 0 Å². The van der Waals surface area contributed by atoms with E-state index in [2.05, 4.69) is 25.6 Å². The molecule has 2 aliphatic rings. The Morgan fingerprint density at radius 3 is 2.62 bits per heavy atom. The number of rotatable bonds is 7. The summed E-state index contributed by atoms with van der Waals surface area (Å²) in [5, 5.41) is 18.0. The molecule has 2 aromatic heterocycles. The van der Waals surface area contributed by atoms with E-state index in [0.29, 0.717) is 48.7 Å². The van der Waals surface area contributed by atoms with Crippen molar-refractivity contribution in [2.75, 3.05) is 18.5 Å². The van der Waals surface area contributed by atoms with Gasteiger partial charge >= 0.3 is 6.18 Å². The summed E-state index contributed by atoms with van der Waals surface area (Å²) in [6, 6.07) is 6.40. The van der Waals surface area contributed by atoms with Crippen LogP contribution in [0.3, 0.4) is 0 Å². The maximum atomic E-state index is 13.0. The number of hydrogen-bond donors (Lipinski definition) is 3. The van der Waals surface area contributed by atoms with Crippen LogP contribution < -0.4 is 10.6 Å². The van der Waals surface area contributed by atoms with E-state index in [0.717, 1.165) is 54.3 Å². The molecule has 5 rings (SSSR count). The number of carbonyl (C=O) groups excluding carboxylic acids is 1. The van der Waals surface area contributed by atoms with Gasteiger partial charge in [0, 0.05) is 43.8 Å². The second kappa shape index (κ2) is 11.8. The number of nitrogens with zero attached hydrogens (tertiary/aromatic N) is 3. The first-order valence-electron chi connectivity index (χ1n) is 13.4. The number of ether oxygens (including phenoxy) is 1. The third kappa shape index (κ3) is 6.97. The van der Waals surface area contributed by atoms with Gasteiger partial charge < -0.3 is 20.5 Å². The molecule has 0 bridgehead atoms. The quantitative estimate of drug-likeness (QED) is 0.330. The van der Waals surface area contributed by atoms with Crippen LogP contribution in [0.25, 0.3) is 10.4 Å². The molecule has 3 heterocycles. The average Bonchev–Trinajstić information content (AvgIpc) is 3.42. The molecule has 1 amide bonds. The van der Waals surface area contributed by atoms with Crippen LogP contribution in [0.15, 0.2) is 36.7 Å². The summed E-state index contributed by atoms with van der Waals surface area (Å²) in [6.07, 6.45) is 2.89. The second-order valence-electron chi connectivity index (χ2n) is 10.6. The number of aryl methyl sites for hydroxylation is 1. The molecule has 214 valence electrons. The Kier molecular flexibility index (Phi) is 8.39. The van der Waals surface area contributed by atoms with Crippen LogP contribution in [-0.2, 0) is 21.3 Å². The predicted molar refractivity (Wildman–Crippen MR) is 145 cm³/mol. The van der Waals surface area contributed by atoms with Crippen molar-refractivity contribution in [3.05, 3.63) is 52.9 Å². The van der Waals surface area contributed by atoms with Crippen LogP contribution in [0.5, 0.6) is 0 Å². The van der Waals surface area contributed by atoms with Crippen molar-refractivity contribution in [1.29, 1.82) is 0 Å². The summed E-state index contributed by atoms with van der Waals surface area (Å²) in [6.45, 7) is 3.32. The zero-order valence-electron chi connectivity index (χ0n) is 22.1. The second-order valence-corrected chi connectivity index (χ2v) is 11.7. The highest BCUT2D eigenvalue weighted by Crippen LogP contribution is 2.41. The van der Waals surface area contributed by atoms with Gasteiger partial charge in [-0.1, -0.05) is 6.07 Å². The number of thiazole rings is 1. The standard InChI is InChI=1S/C28H32F3N5O3S/c1-17-12-19(15-21(13-17)35-26-32-9-4-23(36-26)28(29,30)31)22-16-33-25(40-22)27(38)7-2-20(3-8-27)34-24(37)14-18-5-10-39-11-6-18/h4,9,12-13,15-16,18,20,38H,2-3,5-8,10-11,14H2,1H3,(H,34,37)(H,32,35,36)/t20-,27-. The molecule has 1 aromatic carbocycles. The highest BCUT2D eigenvalue weighted by atomic mass is 32.1. The van der Waals surface area contributed by atoms with Gasteiger partial charge in [0.1, 0.15) is 16.3 Å². The Morgan fingerprint density at radius 2 is 1.90 bits per heavy atom. The van der Waals surface area contributed by atoms with E-state index >= 15 is 0 Å². The van der Waals surface area contributed by atoms with E-state index in [1.807, 2.05) is 13.0 Å². The fraction of sp³-hybridized carbons (Fsp3) is 0.500. The maximum absolute atomic E-state index is 13.0. The molecule has 3 aromatic rings. The number of hydrogen-bond acceptors (Lipinski definition) is 8. The number of anilines is 2. The Morgan fingerprint density at radius 1 is 1.15 bits per heavy atom. The van der Waals surface area contributed by atoms with Gasteiger partial charge in [-0.15, -0.1) is 11.3 Å². The third-order valence-corrected chi connectivity index (χ3v) is 8.70. The SMILES string of the molecule is Cc1cc(Nc2nccc(C(F)(F)F)n2)cc(-c2cnc([C@]3(O)CC[C@H](NC(=O)CC4CCOCC4)CC3)s2)c1. The first kappa shape index (κ1) is 28.4. The summed E-state index contributed by atoms with van der Waals surface area (Å²) in [5.74, 6) is 0.290. The van der Waals surface area contributed by atoms with E-state index in [4.69, 9.17) is 4.74 Å². The fourth-order valence-corrected chi connectivity index (χ4v) is 6.33. The average molecular weight is 576 g/mol. The number of alkyl halides is 3. The zero-order valence-corrected chi connectivity index (χ0v) is 22.9. The zero-order chi connectivity index (χ0) is 28.3. The largest absolute Gasteiger partial charge is 0.433 e. The van der Waals surface area contributed by atoms with Gasteiger partial charge in [0.2, 0.25) is 11.9 Å². The summed E-state index contributed by atoms with van der Waals surface area (Å²) in [5.41, 5.74) is 0.155. The van der Waals surface area contributed by atoms with E-state index in [1.165, 1.54) is 11.3 Å². The number of nitrogens with one attached hydrogen (secondary N) is 2. The first-order valence-corrected chi connectivity index (χ1v) is 14.2. The molecule has 1 aliphatic heterocycles. The molecular weight excluding hydrogens is 543 g/mol. The lowest BCUT2D eigenvalue weighted by molar-refractivity contribution is -0.141. The van der Waals surface area contributed by atoms with Gasteiger partial charge in [0.05, 0.1) is 4.88 Å². The third-order valence-electron chi connectivity index (χ3n) is 7.46. The molecule has 0 atom stereocenters. The molecule has 8 nitrogen and oxygen atoms in total. The molecule has 0 radical (unpaired) electrons. The lowest BCUT2D eigenvalue weighted by Crippen LogP contribution is -2.42. The van der Waals surface area contributed by atoms with Crippen LogP contribution in [0.1, 0.15) is 61.2 Å². The van der Waals surface area contributed by atoms with Crippen LogP contribution >= 0.6 is 11.3 Å².